The first-order valence-corrected chi connectivity index (χ1v) is 9.57. The molecule has 3 rings (SSSR count). The van der Waals surface area contributed by atoms with E-state index in [-0.39, 0.29) is 22.7 Å². The maximum Gasteiger partial charge on any atom is 0.198 e. The summed E-state index contributed by atoms with van der Waals surface area (Å²) in [5.74, 6) is -0.491. The minimum Gasteiger partial charge on any atom is -0.398 e. The van der Waals surface area contributed by atoms with Crippen molar-refractivity contribution >= 4 is 28.6 Å². The summed E-state index contributed by atoms with van der Waals surface area (Å²) in [6.45, 7) is 3.64. The predicted molar refractivity (Wildman–Crippen MR) is 114 cm³/mol. The molecule has 0 saturated carbocycles. The normalized spacial score (nSPS) is 13.3. The van der Waals surface area contributed by atoms with Crippen molar-refractivity contribution in [3.63, 3.8) is 0 Å². The van der Waals surface area contributed by atoms with Crippen LogP contribution in [0.4, 0.5) is 17.1 Å². The third-order valence-corrected chi connectivity index (χ3v) is 5.17. The molecule has 0 aliphatic heterocycles. The lowest BCUT2D eigenvalue weighted by molar-refractivity contribution is -0.870. The molecule has 148 valence electrons. The highest BCUT2D eigenvalue weighted by Gasteiger charge is 2.35. The molecule has 0 unspecified atom stereocenters. The molecule has 2 aromatic rings. The van der Waals surface area contributed by atoms with Gasteiger partial charge in [-0.25, -0.2) is 0 Å². The molecule has 5 N–H and O–H groups in total. The highest BCUT2D eigenvalue weighted by molar-refractivity contribution is 6.33. The molecule has 28 heavy (non-hydrogen) atoms. The molecule has 0 heterocycles. The van der Waals surface area contributed by atoms with Gasteiger partial charge in [-0.1, -0.05) is 12.1 Å². The van der Waals surface area contributed by atoms with Gasteiger partial charge in [0, 0.05) is 29.2 Å². The Balaban J connectivity index is 1.95. The van der Waals surface area contributed by atoms with Gasteiger partial charge in [0.2, 0.25) is 0 Å². The van der Waals surface area contributed by atoms with Crippen molar-refractivity contribution < 1.29 is 14.1 Å². The Hall–Kier alpha value is -2.86. The topological polar surface area (TPSA) is 98.2 Å². The summed E-state index contributed by atoms with van der Waals surface area (Å²) in [4.78, 5) is 26.3. The van der Waals surface area contributed by atoms with Crippen molar-refractivity contribution in [3.05, 3.63) is 52.1 Å². The Morgan fingerprint density at radius 3 is 2.36 bits per heavy atom. The fourth-order valence-electron chi connectivity index (χ4n) is 3.65. The zero-order chi connectivity index (χ0) is 20.6. The van der Waals surface area contributed by atoms with E-state index >= 15 is 0 Å². The smallest absolute Gasteiger partial charge is 0.198 e. The number of carbonyl (C=O) groups is 2. The number of nitrogen functional groups attached to an aromatic ring is 2. The summed E-state index contributed by atoms with van der Waals surface area (Å²) in [6.07, 6.45) is 2.03. The van der Waals surface area contributed by atoms with E-state index in [2.05, 4.69) is 26.5 Å². The highest BCUT2D eigenvalue weighted by Crippen LogP contribution is 2.38. The molecule has 0 bridgehead atoms. The number of ketones is 2. The number of rotatable bonds is 6. The standard InChI is InChI=1S/C22H28N4O2/c1-13-12-16(25-10-5-6-11-26(2,3)4)18-19(20(13)24)21(27)14-8-7-9-15(23)17(14)22(18)28/h7-9,12H,5-6,10-11H2,1-4H3,(H4-,23,24,25,27,28)/p+1. The number of benzene rings is 2. The average Bonchev–Trinajstić information content (AvgIpc) is 2.60. The van der Waals surface area contributed by atoms with Crippen molar-refractivity contribution in [2.24, 2.45) is 0 Å². The summed E-state index contributed by atoms with van der Waals surface area (Å²) >= 11 is 0. The molecule has 1 aliphatic rings. The van der Waals surface area contributed by atoms with Crippen LogP contribution in [-0.2, 0) is 0 Å². The number of nitrogens with one attached hydrogen (secondary N) is 1. The van der Waals surface area contributed by atoms with Crippen molar-refractivity contribution in [2.75, 3.05) is 51.0 Å². The first kappa shape index (κ1) is 19.9. The van der Waals surface area contributed by atoms with E-state index in [4.69, 9.17) is 11.5 Å². The molecule has 6 heteroatoms. The van der Waals surface area contributed by atoms with Gasteiger partial charge in [0.15, 0.2) is 11.6 Å². The molecule has 0 saturated heterocycles. The van der Waals surface area contributed by atoms with Gasteiger partial charge in [0.1, 0.15) is 0 Å². The second kappa shape index (κ2) is 7.28. The van der Waals surface area contributed by atoms with Gasteiger partial charge in [-0.15, -0.1) is 0 Å². The van der Waals surface area contributed by atoms with Crippen LogP contribution in [0.25, 0.3) is 0 Å². The molecule has 0 spiro atoms. The number of carbonyl (C=O) groups excluding carboxylic acids is 2. The molecule has 2 aromatic carbocycles. The van der Waals surface area contributed by atoms with E-state index in [0.29, 0.717) is 34.7 Å². The average molecular weight is 382 g/mol. The first-order valence-electron chi connectivity index (χ1n) is 9.57. The van der Waals surface area contributed by atoms with Crippen molar-refractivity contribution in [2.45, 2.75) is 19.8 Å². The summed E-state index contributed by atoms with van der Waals surface area (Å²) in [5.41, 5.74) is 15.6. The van der Waals surface area contributed by atoms with Crippen LogP contribution in [0, 0.1) is 6.92 Å². The Morgan fingerprint density at radius 2 is 1.68 bits per heavy atom. The number of aryl methyl sites for hydroxylation is 1. The Kier molecular flexibility index (Phi) is 5.17. The molecule has 6 nitrogen and oxygen atoms in total. The monoisotopic (exact) mass is 381 g/mol. The largest absolute Gasteiger partial charge is 0.398 e. The summed E-state index contributed by atoms with van der Waals surface area (Å²) in [6, 6.07) is 6.81. The van der Waals surface area contributed by atoms with Gasteiger partial charge in [-0.05, 0) is 37.5 Å². The number of hydrogen-bond acceptors (Lipinski definition) is 5. The van der Waals surface area contributed by atoms with Crippen LogP contribution in [0.15, 0.2) is 24.3 Å². The highest BCUT2D eigenvalue weighted by atomic mass is 16.1. The quantitative estimate of drug-likeness (QED) is 0.346. The van der Waals surface area contributed by atoms with Gasteiger partial charge in [0.25, 0.3) is 0 Å². The van der Waals surface area contributed by atoms with E-state index in [1.807, 2.05) is 13.0 Å². The summed E-state index contributed by atoms with van der Waals surface area (Å²) < 4.78 is 0.916. The van der Waals surface area contributed by atoms with Crippen LogP contribution in [0.1, 0.15) is 50.2 Å². The van der Waals surface area contributed by atoms with Crippen LogP contribution in [0.5, 0.6) is 0 Å². The third-order valence-electron chi connectivity index (χ3n) is 5.17. The molecule has 0 aromatic heterocycles. The number of nitrogens with two attached hydrogens (primary N) is 2. The van der Waals surface area contributed by atoms with Gasteiger partial charge in [-0.2, -0.15) is 0 Å². The molecule has 0 radical (unpaired) electrons. The maximum absolute atomic E-state index is 13.2. The number of quaternary nitrogens is 1. The second-order valence-corrected chi connectivity index (χ2v) is 8.48. The van der Waals surface area contributed by atoms with Crippen LogP contribution in [0.2, 0.25) is 0 Å². The number of hydrogen-bond donors (Lipinski definition) is 3. The molecule has 0 amide bonds. The van der Waals surface area contributed by atoms with Gasteiger partial charge < -0.3 is 21.3 Å². The van der Waals surface area contributed by atoms with E-state index in [1.165, 1.54) is 0 Å². The molecule has 0 fully saturated rings. The van der Waals surface area contributed by atoms with E-state index in [0.717, 1.165) is 29.4 Å². The van der Waals surface area contributed by atoms with Crippen LogP contribution in [-0.4, -0.2) is 50.3 Å². The van der Waals surface area contributed by atoms with Crippen LogP contribution < -0.4 is 16.8 Å². The van der Waals surface area contributed by atoms with E-state index in [9.17, 15) is 9.59 Å². The predicted octanol–water partition coefficient (Wildman–Crippen LogP) is 2.83. The fourth-order valence-corrected chi connectivity index (χ4v) is 3.65. The molecule has 0 atom stereocenters. The minimum atomic E-state index is -0.247. The van der Waals surface area contributed by atoms with Gasteiger partial charge >= 0.3 is 0 Å². The van der Waals surface area contributed by atoms with Crippen molar-refractivity contribution in [3.8, 4) is 0 Å². The van der Waals surface area contributed by atoms with Crippen LogP contribution >= 0.6 is 0 Å². The van der Waals surface area contributed by atoms with E-state index in [1.54, 1.807) is 18.2 Å². The van der Waals surface area contributed by atoms with Crippen LogP contribution in [0.3, 0.4) is 0 Å². The molecular formula is C22H29N4O2+. The third kappa shape index (κ3) is 3.60. The van der Waals surface area contributed by atoms with Gasteiger partial charge in [0.05, 0.1) is 44.4 Å². The molecule has 1 aliphatic carbocycles. The first-order chi connectivity index (χ1) is 13.1. The maximum atomic E-state index is 13.2. The zero-order valence-electron chi connectivity index (χ0n) is 17.1. The summed E-state index contributed by atoms with van der Waals surface area (Å²) in [7, 11) is 6.50. The lowest BCUT2D eigenvalue weighted by Gasteiger charge is -2.25. The SMILES string of the molecule is Cc1cc(NCCCC[N+](C)(C)C)c2c(c1N)C(=O)c1cccc(N)c1C2=O. The lowest BCUT2D eigenvalue weighted by atomic mass is 9.80. The second-order valence-electron chi connectivity index (χ2n) is 8.48. The fraction of sp³-hybridized carbons (Fsp3) is 0.364. The lowest BCUT2D eigenvalue weighted by Crippen LogP contribution is -2.35. The van der Waals surface area contributed by atoms with Crippen molar-refractivity contribution in [1.82, 2.24) is 0 Å². The Labute approximate surface area is 166 Å². The zero-order valence-corrected chi connectivity index (χ0v) is 17.1. The number of anilines is 3. The van der Waals surface area contributed by atoms with E-state index < -0.39 is 0 Å². The Morgan fingerprint density at radius 1 is 0.964 bits per heavy atom. The molecular weight excluding hydrogens is 352 g/mol. The number of fused-ring (bicyclic) bond motifs is 2. The van der Waals surface area contributed by atoms with Crippen molar-refractivity contribution in [1.29, 1.82) is 0 Å². The minimum absolute atomic E-state index is 0.244. The number of unbranched alkanes of at least 4 members (excludes halogenated alkanes) is 1. The van der Waals surface area contributed by atoms with Gasteiger partial charge in [-0.3, -0.25) is 9.59 Å². The number of nitrogens with zero attached hydrogens (tertiary/aromatic N) is 1. The summed E-state index contributed by atoms with van der Waals surface area (Å²) in [5, 5.41) is 3.35. The Bertz CT molecular complexity index is 958.